The lowest BCUT2D eigenvalue weighted by Crippen LogP contribution is -2.49. The number of carboxylic acids is 1. The van der Waals surface area contributed by atoms with Crippen molar-refractivity contribution >= 4 is 5.97 Å². The summed E-state index contributed by atoms with van der Waals surface area (Å²) in [5.74, 6) is -0.242. The van der Waals surface area contributed by atoms with Crippen molar-refractivity contribution in [2.45, 2.75) is 50.8 Å². The molecule has 1 fully saturated rings. The van der Waals surface area contributed by atoms with Crippen LogP contribution in [0.4, 0.5) is 0 Å². The molecule has 1 aliphatic heterocycles. The molecule has 22 heavy (non-hydrogen) atoms. The lowest BCUT2D eigenvalue weighted by molar-refractivity contribution is -0.143. The van der Waals surface area contributed by atoms with Crippen LogP contribution >= 0.6 is 0 Å². The fourth-order valence-corrected chi connectivity index (χ4v) is 3.51. The summed E-state index contributed by atoms with van der Waals surface area (Å²) in [6.45, 7) is 2.40. The Kier molecular flexibility index (Phi) is 4.36. The first-order valence-electron chi connectivity index (χ1n) is 7.95. The highest BCUT2D eigenvalue weighted by Gasteiger charge is 2.33. The maximum Gasteiger partial charge on any atom is 0.306 e. The van der Waals surface area contributed by atoms with Crippen molar-refractivity contribution in [1.82, 2.24) is 5.32 Å². The molecular formula is C17H23NO4. The van der Waals surface area contributed by atoms with Gasteiger partial charge >= 0.3 is 5.97 Å². The first-order valence-corrected chi connectivity index (χ1v) is 7.95. The minimum Gasteiger partial charge on any atom is -0.491 e. The molecule has 0 radical (unpaired) electrons. The summed E-state index contributed by atoms with van der Waals surface area (Å²) in [5, 5.41) is 23.1. The number of aliphatic hydroxyl groups is 1. The minimum absolute atomic E-state index is 0.130. The Morgan fingerprint density at radius 1 is 1.36 bits per heavy atom. The second-order valence-electron chi connectivity index (χ2n) is 6.47. The maximum absolute atomic E-state index is 11.2. The standard InChI is InChI=1S/C17H23NO4/c1-10-5-6-13-15(7-10)22-9-14(16(13)19)18-12-4-2-3-11(8-12)17(20)21/h5-7,11-12,14,16,18-19H,2-4,8-9H2,1H3,(H,20,21)/t11-,12+,14?,16-/m0/s1. The van der Waals surface area contributed by atoms with E-state index in [1.165, 1.54) is 0 Å². The van der Waals surface area contributed by atoms with E-state index < -0.39 is 12.1 Å². The molecule has 1 aliphatic carbocycles. The SMILES string of the molecule is Cc1ccc2c(c1)OCC(N[C@@H]1CCC[C@H](C(=O)O)C1)[C@H]2O. The summed E-state index contributed by atoms with van der Waals surface area (Å²) in [5.41, 5.74) is 1.91. The monoisotopic (exact) mass is 305 g/mol. The summed E-state index contributed by atoms with van der Waals surface area (Å²) >= 11 is 0. The van der Waals surface area contributed by atoms with Crippen LogP contribution in [0.25, 0.3) is 0 Å². The van der Waals surface area contributed by atoms with E-state index in [0.717, 1.165) is 36.1 Å². The highest BCUT2D eigenvalue weighted by atomic mass is 16.5. The van der Waals surface area contributed by atoms with Gasteiger partial charge in [0.05, 0.1) is 12.0 Å². The molecule has 0 bridgehead atoms. The average molecular weight is 305 g/mol. The second-order valence-corrected chi connectivity index (χ2v) is 6.47. The topological polar surface area (TPSA) is 78.8 Å². The van der Waals surface area contributed by atoms with E-state index in [4.69, 9.17) is 9.84 Å². The van der Waals surface area contributed by atoms with E-state index in [2.05, 4.69) is 5.32 Å². The number of hydrogen-bond acceptors (Lipinski definition) is 4. The van der Waals surface area contributed by atoms with Gasteiger partial charge in [-0.25, -0.2) is 0 Å². The van der Waals surface area contributed by atoms with Crippen LogP contribution in [0.3, 0.4) is 0 Å². The van der Waals surface area contributed by atoms with Crippen LogP contribution in [0.1, 0.15) is 42.9 Å². The van der Waals surface area contributed by atoms with E-state index in [1.807, 2.05) is 25.1 Å². The van der Waals surface area contributed by atoms with Crippen LogP contribution in [0.15, 0.2) is 18.2 Å². The number of benzene rings is 1. The Balaban J connectivity index is 1.66. The summed E-state index contributed by atoms with van der Waals surface area (Å²) in [6.07, 6.45) is 2.62. The van der Waals surface area contributed by atoms with Crippen molar-refractivity contribution < 1.29 is 19.7 Å². The Hall–Kier alpha value is -1.59. The number of carboxylic acid groups (broad SMARTS) is 1. The molecule has 0 spiro atoms. The van der Waals surface area contributed by atoms with Gasteiger partial charge in [0.1, 0.15) is 18.5 Å². The lowest BCUT2D eigenvalue weighted by Gasteiger charge is -2.36. The number of ether oxygens (including phenoxy) is 1. The van der Waals surface area contributed by atoms with Crippen LogP contribution < -0.4 is 10.1 Å². The first-order chi connectivity index (χ1) is 10.5. The Labute approximate surface area is 130 Å². The van der Waals surface area contributed by atoms with Crippen molar-refractivity contribution in [3.8, 4) is 5.75 Å². The number of aliphatic hydroxyl groups excluding tert-OH is 1. The number of carbonyl (C=O) groups is 1. The lowest BCUT2D eigenvalue weighted by atomic mass is 9.85. The number of nitrogens with one attached hydrogen (secondary N) is 1. The van der Waals surface area contributed by atoms with Gasteiger partial charge in [0.15, 0.2) is 0 Å². The van der Waals surface area contributed by atoms with Crippen LogP contribution in [-0.2, 0) is 4.79 Å². The van der Waals surface area contributed by atoms with Gasteiger partial charge in [0.25, 0.3) is 0 Å². The molecule has 0 amide bonds. The molecule has 5 heteroatoms. The first kappa shape index (κ1) is 15.3. The molecule has 3 rings (SSSR count). The normalized spacial score (nSPS) is 31.2. The van der Waals surface area contributed by atoms with Crippen molar-refractivity contribution in [1.29, 1.82) is 0 Å². The van der Waals surface area contributed by atoms with Gasteiger partial charge in [-0.3, -0.25) is 4.79 Å². The van der Waals surface area contributed by atoms with Crippen LogP contribution in [0.2, 0.25) is 0 Å². The van der Waals surface area contributed by atoms with E-state index >= 15 is 0 Å². The van der Waals surface area contributed by atoms with E-state index in [-0.39, 0.29) is 18.0 Å². The fraction of sp³-hybridized carbons (Fsp3) is 0.588. The van der Waals surface area contributed by atoms with Gasteiger partial charge in [-0.2, -0.15) is 0 Å². The molecule has 0 aromatic heterocycles. The quantitative estimate of drug-likeness (QED) is 0.796. The molecule has 1 saturated carbocycles. The number of fused-ring (bicyclic) bond motifs is 1. The fourth-order valence-electron chi connectivity index (χ4n) is 3.51. The maximum atomic E-state index is 11.2. The minimum atomic E-state index is -0.715. The summed E-state index contributed by atoms with van der Waals surface area (Å²) in [6, 6.07) is 5.76. The average Bonchev–Trinajstić information content (AvgIpc) is 2.50. The highest BCUT2D eigenvalue weighted by Crippen LogP contribution is 2.34. The molecule has 4 atom stereocenters. The van der Waals surface area contributed by atoms with Gasteiger partial charge in [0.2, 0.25) is 0 Å². The summed E-state index contributed by atoms with van der Waals surface area (Å²) in [4.78, 5) is 11.2. The number of aryl methyl sites for hydroxylation is 1. The van der Waals surface area contributed by atoms with E-state index in [1.54, 1.807) is 0 Å². The summed E-state index contributed by atoms with van der Waals surface area (Å²) in [7, 11) is 0. The zero-order valence-electron chi connectivity index (χ0n) is 12.8. The molecular weight excluding hydrogens is 282 g/mol. The predicted octanol–water partition coefficient (Wildman–Crippen LogP) is 2.02. The van der Waals surface area contributed by atoms with Crippen LogP contribution in [0, 0.1) is 12.8 Å². The molecule has 1 unspecified atom stereocenters. The number of aliphatic carboxylic acids is 1. The predicted molar refractivity (Wildman–Crippen MR) is 81.9 cm³/mol. The van der Waals surface area contributed by atoms with E-state index in [9.17, 15) is 9.90 Å². The largest absolute Gasteiger partial charge is 0.491 e. The van der Waals surface area contributed by atoms with Gasteiger partial charge in [-0.1, -0.05) is 18.6 Å². The van der Waals surface area contributed by atoms with Crippen molar-refractivity contribution in [2.24, 2.45) is 5.92 Å². The van der Waals surface area contributed by atoms with Gasteiger partial charge in [-0.15, -0.1) is 0 Å². The number of rotatable bonds is 3. The van der Waals surface area contributed by atoms with Crippen LogP contribution in [0.5, 0.6) is 5.75 Å². The molecule has 1 heterocycles. The molecule has 3 N–H and O–H groups in total. The molecule has 0 saturated heterocycles. The van der Waals surface area contributed by atoms with Crippen LogP contribution in [-0.4, -0.2) is 34.9 Å². The molecule has 2 aliphatic rings. The Morgan fingerprint density at radius 2 is 2.18 bits per heavy atom. The third-order valence-electron chi connectivity index (χ3n) is 4.76. The molecule has 120 valence electrons. The Morgan fingerprint density at radius 3 is 2.95 bits per heavy atom. The Bertz CT molecular complexity index is 560. The smallest absolute Gasteiger partial charge is 0.306 e. The molecule has 1 aromatic rings. The second kappa shape index (κ2) is 6.26. The van der Waals surface area contributed by atoms with Gasteiger partial charge < -0.3 is 20.3 Å². The van der Waals surface area contributed by atoms with Crippen molar-refractivity contribution in [3.05, 3.63) is 29.3 Å². The van der Waals surface area contributed by atoms with Crippen molar-refractivity contribution in [3.63, 3.8) is 0 Å². The van der Waals surface area contributed by atoms with Gasteiger partial charge in [-0.05, 0) is 37.8 Å². The third-order valence-corrected chi connectivity index (χ3v) is 4.76. The highest BCUT2D eigenvalue weighted by molar-refractivity contribution is 5.70. The third kappa shape index (κ3) is 3.10. The molecule has 1 aromatic carbocycles. The van der Waals surface area contributed by atoms with Crippen molar-refractivity contribution in [2.75, 3.05) is 6.61 Å². The zero-order valence-corrected chi connectivity index (χ0v) is 12.8. The molecule has 5 nitrogen and oxygen atoms in total. The number of hydrogen-bond donors (Lipinski definition) is 3. The summed E-state index contributed by atoms with van der Waals surface area (Å²) < 4.78 is 5.76. The zero-order chi connectivity index (χ0) is 15.7. The van der Waals surface area contributed by atoms with Gasteiger partial charge in [0, 0.05) is 11.6 Å². The van der Waals surface area contributed by atoms with E-state index in [0.29, 0.717) is 13.0 Å².